The third-order valence-corrected chi connectivity index (χ3v) is 3.75. The summed E-state index contributed by atoms with van der Waals surface area (Å²) in [6.45, 7) is 6.57. The van der Waals surface area contributed by atoms with E-state index < -0.39 is 0 Å². The molecule has 2 heteroatoms. The fourth-order valence-corrected chi connectivity index (χ4v) is 2.66. The molecule has 1 aliphatic heterocycles. The number of morpholine rings is 1. The largest absolute Gasteiger partial charge is 0.372 e. The summed E-state index contributed by atoms with van der Waals surface area (Å²) >= 11 is 0. The van der Waals surface area contributed by atoms with E-state index in [0.717, 1.165) is 19.1 Å². The zero-order valence-electron chi connectivity index (χ0n) is 9.51. The van der Waals surface area contributed by atoms with Crippen LogP contribution >= 0.6 is 0 Å². The van der Waals surface area contributed by atoms with Gasteiger partial charge in [0.15, 0.2) is 0 Å². The molecule has 1 heterocycles. The van der Waals surface area contributed by atoms with Gasteiger partial charge in [-0.15, -0.1) is 0 Å². The van der Waals surface area contributed by atoms with Gasteiger partial charge in [-0.25, -0.2) is 0 Å². The lowest BCUT2D eigenvalue weighted by Gasteiger charge is -2.50. The van der Waals surface area contributed by atoms with Crippen LogP contribution < -0.4 is 5.32 Å². The summed E-state index contributed by atoms with van der Waals surface area (Å²) in [4.78, 5) is 0. The average molecular weight is 197 g/mol. The maximum atomic E-state index is 5.98. The fraction of sp³-hybridized carbons (Fsp3) is 1.00. The second-order valence-electron chi connectivity index (χ2n) is 5.24. The topological polar surface area (TPSA) is 21.3 Å². The molecule has 2 fully saturated rings. The molecule has 1 N–H and O–H groups in total. The van der Waals surface area contributed by atoms with E-state index in [0.29, 0.717) is 6.04 Å². The summed E-state index contributed by atoms with van der Waals surface area (Å²) in [5.41, 5.74) is 0.243. The van der Waals surface area contributed by atoms with E-state index in [1.54, 1.807) is 0 Å². The maximum Gasteiger partial charge on any atom is 0.0835 e. The Bertz CT molecular complexity index is 187. The van der Waals surface area contributed by atoms with Gasteiger partial charge in [0, 0.05) is 12.6 Å². The highest BCUT2D eigenvalue weighted by Crippen LogP contribution is 2.41. The Hall–Kier alpha value is -0.0800. The average Bonchev–Trinajstić information content (AvgIpc) is 2.12. The van der Waals surface area contributed by atoms with Crippen LogP contribution in [0.25, 0.3) is 0 Å². The monoisotopic (exact) mass is 197 g/mol. The van der Waals surface area contributed by atoms with Crippen molar-refractivity contribution in [3.63, 3.8) is 0 Å². The summed E-state index contributed by atoms with van der Waals surface area (Å²) in [6, 6.07) is 0.632. The molecule has 2 nitrogen and oxygen atoms in total. The first-order valence-electron chi connectivity index (χ1n) is 6.10. The first-order valence-corrected chi connectivity index (χ1v) is 6.10. The zero-order chi connectivity index (χ0) is 10.0. The van der Waals surface area contributed by atoms with E-state index in [9.17, 15) is 0 Å². The van der Waals surface area contributed by atoms with Crippen LogP contribution in [0.15, 0.2) is 0 Å². The summed E-state index contributed by atoms with van der Waals surface area (Å²) in [5.74, 6) is 0.816. The van der Waals surface area contributed by atoms with Gasteiger partial charge in [-0.1, -0.05) is 13.8 Å². The number of rotatable bonds is 3. The number of nitrogens with one attached hydrogen (secondary N) is 1. The Morgan fingerprint density at radius 1 is 1.43 bits per heavy atom. The molecular weight excluding hydrogens is 174 g/mol. The molecule has 1 atom stereocenters. The van der Waals surface area contributed by atoms with E-state index >= 15 is 0 Å². The van der Waals surface area contributed by atoms with Crippen molar-refractivity contribution in [2.45, 2.75) is 57.6 Å². The minimum atomic E-state index is 0.243. The third kappa shape index (κ3) is 1.96. The van der Waals surface area contributed by atoms with Gasteiger partial charge in [0.1, 0.15) is 0 Å². The van der Waals surface area contributed by atoms with Crippen molar-refractivity contribution in [1.29, 1.82) is 0 Å². The SMILES string of the molecule is CC(C)CCC1NCCOC12CCC2. The molecular formula is C12H23NO. The van der Waals surface area contributed by atoms with E-state index in [2.05, 4.69) is 19.2 Å². The molecule has 0 aromatic carbocycles. The van der Waals surface area contributed by atoms with Gasteiger partial charge in [-0.2, -0.15) is 0 Å². The number of ether oxygens (including phenoxy) is 1. The lowest BCUT2D eigenvalue weighted by molar-refractivity contribution is -0.146. The second kappa shape index (κ2) is 4.19. The maximum absolute atomic E-state index is 5.98. The molecule has 0 aromatic heterocycles. The van der Waals surface area contributed by atoms with Crippen molar-refractivity contribution >= 4 is 0 Å². The number of hydrogen-bond donors (Lipinski definition) is 1. The highest BCUT2D eigenvalue weighted by atomic mass is 16.5. The summed E-state index contributed by atoms with van der Waals surface area (Å²) in [6.07, 6.45) is 6.53. The van der Waals surface area contributed by atoms with Crippen LogP contribution in [-0.2, 0) is 4.74 Å². The Balaban J connectivity index is 1.87. The predicted octanol–water partition coefficient (Wildman–Crippen LogP) is 2.33. The van der Waals surface area contributed by atoms with Crippen molar-refractivity contribution in [2.75, 3.05) is 13.2 Å². The normalized spacial score (nSPS) is 30.6. The van der Waals surface area contributed by atoms with Crippen molar-refractivity contribution in [3.05, 3.63) is 0 Å². The fourth-order valence-electron chi connectivity index (χ4n) is 2.66. The van der Waals surface area contributed by atoms with Crippen molar-refractivity contribution in [3.8, 4) is 0 Å². The van der Waals surface area contributed by atoms with Gasteiger partial charge in [-0.3, -0.25) is 0 Å². The van der Waals surface area contributed by atoms with Crippen LogP contribution in [-0.4, -0.2) is 24.8 Å². The molecule has 1 aliphatic carbocycles. The summed E-state index contributed by atoms with van der Waals surface area (Å²) in [7, 11) is 0. The predicted molar refractivity (Wildman–Crippen MR) is 58.4 cm³/mol. The zero-order valence-corrected chi connectivity index (χ0v) is 9.51. The molecule has 2 rings (SSSR count). The molecule has 1 unspecified atom stereocenters. The van der Waals surface area contributed by atoms with E-state index in [-0.39, 0.29) is 5.60 Å². The van der Waals surface area contributed by atoms with Crippen LogP contribution in [0.4, 0.5) is 0 Å². The summed E-state index contributed by atoms with van der Waals surface area (Å²) < 4.78 is 5.98. The molecule has 14 heavy (non-hydrogen) atoms. The molecule has 1 saturated heterocycles. The molecule has 1 saturated carbocycles. The molecule has 0 amide bonds. The Kier molecular flexibility index (Phi) is 3.13. The van der Waals surface area contributed by atoms with Gasteiger partial charge in [0.2, 0.25) is 0 Å². The van der Waals surface area contributed by atoms with Gasteiger partial charge < -0.3 is 10.1 Å². The lowest BCUT2D eigenvalue weighted by Crippen LogP contribution is -2.61. The van der Waals surface area contributed by atoms with E-state index in [4.69, 9.17) is 4.74 Å². The van der Waals surface area contributed by atoms with Gasteiger partial charge in [0.25, 0.3) is 0 Å². The van der Waals surface area contributed by atoms with Crippen molar-refractivity contribution in [1.82, 2.24) is 5.32 Å². The first kappa shape index (κ1) is 10.4. The van der Waals surface area contributed by atoms with Crippen LogP contribution in [0, 0.1) is 5.92 Å². The molecule has 2 aliphatic rings. The van der Waals surface area contributed by atoms with Gasteiger partial charge in [-0.05, 0) is 38.0 Å². The number of hydrogen-bond acceptors (Lipinski definition) is 2. The van der Waals surface area contributed by atoms with Crippen molar-refractivity contribution < 1.29 is 4.74 Å². The Morgan fingerprint density at radius 3 is 2.79 bits per heavy atom. The minimum Gasteiger partial charge on any atom is -0.372 e. The third-order valence-electron chi connectivity index (χ3n) is 3.75. The standard InChI is InChI=1S/C12H23NO/c1-10(2)4-5-11-12(6-3-7-12)14-9-8-13-11/h10-11,13H,3-9H2,1-2H3. The lowest BCUT2D eigenvalue weighted by atomic mass is 9.72. The molecule has 1 spiro atoms. The highest BCUT2D eigenvalue weighted by molar-refractivity contribution is 5.01. The van der Waals surface area contributed by atoms with Gasteiger partial charge >= 0.3 is 0 Å². The van der Waals surface area contributed by atoms with Crippen LogP contribution in [0.1, 0.15) is 46.0 Å². The Morgan fingerprint density at radius 2 is 2.21 bits per heavy atom. The molecule has 0 aromatic rings. The van der Waals surface area contributed by atoms with Crippen molar-refractivity contribution in [2.24, 2.45) is 5.92 Å². The van der Waals surface area contributed by atoms with E-state index in [1.165, 1.54) is 32.1 Å². The second-order valence-corrected chi connectivity index (χ2v) is 5.24. The summed E-state index contributed by atoms with van der Waals surface area (Å²) in [5, 5.41) is 3.64. The smallest absolute Gasteiger partial charge is 0.0835 e. The quantitative estimate of drug-likeness (QED) is 0.750. The van der Waals surface area contributed by atoms with Gasteiger partial charge in [0.05, 0.1) is 12.2 Å². The van der Waals surface area contributed by atoms with Crippen LogP contribution in [0.3, 0.4) is 0 Å². The van der Waals surface area contributed by atoms with Crippen LogP contribution in [0.2, 0.25) is 0 Å². The highest BCUT2D eigenvalue weighted by Gasteiger charge is 2.46. The molecule has 0 bridgehead atoms. The van der Waals surface area contributed by atoms with E-state index in [1.807, 2.05) is 0 Å². The first-order chi connectivity index (χ1) is 6.73. The molecule has 0 radical (unpaired) electrons. The minimum absolute atomic E-state index is 0.243. The van der Waals surface area contributed by atoms with Crippen LogP contribution in [0.5, 0.6) is 0 Å². The Labute approximate surface area is 87.4 Å². The molecule has 82 valence electrons.